The number of fused-ring (bicyclic) bond motifs is 1. The van der Waals surface area contributed by atoms with Crippen LogP contribution in [0.3, 0.4) is 0 Å². The molecule has 1 N–H and O–H groups in total. The monoisotopic (exact) mass is 547 g/mol. The Labute approximate surface area is 229 Å². The van der Waals surface area contributed by atoms with Crippen LogP contribution in [-0.4, -0.2) is 54.5 Å². The van der Waals surface area contributed by atoms with Crippen molar-refractivity contribution >= 4 is 27.7 Å². The summed E-state index contributed by atoms with van der Waals surface area (Å²) in [6.07, 6.45) is 0.445. The molecule has 1 aliphatic heterocycles. The number of sulfonamides is 1. The van der Waals surface area contributed by atoms with Gasteiger partial charge >= 0.3 is 0 Å². The zero-order valence-electron chi connectivity index (χ0n) is 22.2. The zero-order valence-corrected chi connectivity index (χ0v) is 23.0. The molecular weight excluding hydrogens is 514 g/mol. The van der Waals surface area contributed by atoms with Crippen molar-refractivity contribution in [2.75, 3.05) is 13.1 Å². The maximum Gasteiger partial charge on any atom is 0.269 e. The lowest BCUT2D eigenvalue weighted by molar-refractivity contribution is -0.141. The van der Waals surface area contributed by atoms with E-state index in [2.05, 4.69) is 5.32 Å². The van der Waals surface area contributed by atoms with Gasteiger partial charge in [0.1, 0.15) is 10.9 Å². The number of likely N-dealkylation sites (N-methyl/N-ethyl adjacent to an activating group) is 1. The number of nitrogens with zero attached hydrogens (tertiary/aromatic N) is 2. The lowest BCUT2D eigenvalue weighted by Gasteiger charge is -2.32. The van der Waals surface area contributed by atoms with E-state index in [1.165, 1.54) is 12.1 Å². The average Bonchev–Trinajstić information content (AvgIpc) is 3.12. The largest absolute Gasteiger partial charge is 0.355 e. The van der Waals surface area contributed by atoms with Gasteiger partial charge in [0, 0.05) is 32.5 Å². The first-order valence-electron chi connectivity index (χ1n) is 13.0. The van der Waals surface area contributed by atoms with Crippen molar-refractivity contribution in [3.63, 3.8) is 0 Å². The molecule has 3 amide bonds. The summed E-state index contributed by atoms with van der Waals surface area (Å²) in [6.45, 7) is 4.32. The van der Waals surface area contributed by atoms with Crippen LogP contribution in [0.1, 0.15) is 46.8 Å². The Morgan fingerprint density at radius 2 is 1.64 bits per heavy atom. The molecule has 8 nitrogen and oxygen atoms in total. The number of carbonyl (C=O) groups excluding carboxylic acids is 3. The molecule has 0 radical (unpaired) electrons. The minimum atomic E-state index is -3.95. The van der Waals surface area contributed by atoms with Gasteiger partial charge in [-0.15, -0.1) is 0 Å². The molecule has 3 aromatic carbocycles. The van der Waals surface area contributed by atoms with Crippen LogP contribution >= 0.6 is 0 Å². The fourth-order valence-corrected chi connectivity index (χ4v) is 6.43. The smallest absolute Gasteiger partial charge is 0.269 e. The average molecular weight is 548 g/mol. The number of hydrogen-bond donors (Lipinski definition) is 1. The first-order valence-corrected chi connectivity index (χ1v) is 14.5. The number of amides is 3. The molecule has 1 heterocycles. The van der Waals surface area contributed by atoms with Gasteiger partial charge in [-0.25, -0.2) is 12.7 Å². The molecule has 0 saturated heterocycles. The summed E-state index contributed by atoms with van der Waals surface area (Å²) in [4.78, 5) is 41.3. The minimum Gasteiger partial charge on any atom is -0.355 e. The molecule has 9 heteroatoms. The van der Waals surface area contributed by atoms with E-state index in [0.29, 0.717) is 13.0 Å². The van der Waals surface area contributed by atoms with Crippen molar-refractivity contribution in [3.8, 4) is 0 Å². The number of aryl methyl sites for hydroxylation is 1. The standard InChI is InChI=1S/C30H33N3O5S/c1-3-31-29(35)26(20-23-12-5-4-6-13-23)32(21-24-14-9-11-22(2)19-24)28(34)17-10-18-33-30(36)25-15-7-8-16-27(25)39(33,37)38/h4-9,11-16,19,26H,3,10,17-18,20-21H2,1-2H3,(H,31,35)/t26-/m0/s1. The van der Waals surface area contributed by atoms with Crippen molar-refractivity contribution in [3.05, 3.63) is 101 Å². The van der Waals surface area contributed by atoms with E-state index in [1.54, 1.807) is 17.0 Å². The number of carbonyl (C=O) groups is 3. The molecule has 1 aliphatic rings. The van der Waals surface area contributed by atoms with Crippen molar-refractivity contribution in [2.45, 2.75) is 50.6 Å². The van der Waals surface area contributed by atoms with Crippen molar-refractivity contribution in [1.82, 2.24) is 14.5 Å². The molecule has 1 atom stereocenters. The van der Waals surface area contributed by atoms with Gasteiger partial charge in [-0.2, -0.15) is 0 Å². The molecule has 0 aromatic heterocycles. The van der Waals surface area contributed by atoms with Gasteiger partial charge < -0.3 is 10.2 Å². The maximum absolute atomic E-state index is 13.7. The van der Waals surface area contributed by atoms with Crippen molar-refractivity contribution < 1.29 is 22.8 Å². The molecule has 3 aromatic rings. The predicted octanol–water partition coefficient (Wildman–Crippen LogP) is 3.70. The van der Waals surface area contributed by atoms with Gasteiger partial charge in [0.2, 0.25) is 11.8 Å². The van der Waals surface area contributed by atoms with Crippen LogP contribution in [0.15, 0.2) is 83.8 Å². The fourth-order valence-electron chi connectivity index (χ4n) is 4.82. The van der Waals surface area contributed by atoms with Gasteiger partial charge in [-0.05, 0) is 43.5 Å². The van der Waals surface area contributed by atoms with Crippen LogP contribution in [0.2, 0.25) is 0 Å². The Bertz CT molecular complexity index is 1460. The summed E-state index contributed by atoms with van der Waals surface area (Å²) in [5.41, 5.74) is 2.99. The van der Waals surface area contributed by atoms with Crippen LogP contribution in [0.5, 0.6) is 0 Å². The molecule has 0 aliphatic carbocycles. The van der Waals surface area contributed by atoms with Crippen LogP contribution < -0.4 is 5.32 Å². The lowest BCUT2D eigenvalue weighted by Crippen LogP contribution is -2.50. The minimum absolute atomic E-state index is 0.0124. The first kappa shape index (κ1) is 28.0. The Hall–Kier alpha value is -3.98. The third-order valence-corrected chi connectivity index (χ3v) is 8.56. The van der Waals surface area contributed by atoms with Crippen LogP contribution in [-0.2, 0) is 32.6 Å². The highest BCUT2D eigenvalue weighted by Crippen LogP contribution is 2.30. The van der Waals surface area contributed by atoms with E-state index in [0.717, 1.165) is 21.0 Å². The van der Waals surface area contributed by atoms with E-state index < -0.39 is 22.0 Å². The van der Waals surface area contributed by atoms with Crippen molar-refractivity contribution in [1.29, 1.82) is 0 Å². The second kappa shape index (κ2) is 12.3. The van der Waals surface area contributed by atoms with Crippen LogP contribution in [0, 0.1) is 6.92 Å². The molecule has 0 bridgehead atoms. The predicted molar refractivity (Wildman–Crippen MR) is 148 cm³/mol. The third-order valence-electron chi connectivity index (χ3n) is 6.72. The van der Waals surface area contributed by atoms with Crippen LogP contribution in [0.4, 0.5) is 0 Å². The van der Waals surface area contributed by atoms with E-state index in [9.17, 15) is 22.8 Å². The SMILES string of the molecule is CCNC(=O)[C@H](Cc1ccccc1)N(Cc1cccc(C)c1)C(=O)CCCN1C(=O)c2ccccc2S1(=O)=O. The highest BCUT2D eigenvalue weighted by molar-refractivity contribution is 7.90. The number of benzene rings is 3. The lowest BCUT2D eigenvalue weighted by atomic mass is 10.0. The highest BCUT2D eigenvalue weighted by Gasteiger charge is 2.40. The normalized spacial score (nSPS) is 14.5. The molecule has 0 fully saturated rings. The third kappa shape index (κ3) is 6.37. The van der Waals surface area contributed by atoms with E-state index in [1.807, 2.05) is 68.4 Å². The highest BCUT2D eigenvalue weighted by atomic mass is 32.2. The molecule has 0 spiro atoms. The van der Waals surface area contributed by atoms with E-state index >= 15 is 0 Å². The second-order valence-corrected chi connectivity index (χ2v) is 11.4. The van der Waals surface area contributed by atoms with Gasteiger partial charge in [0.25, 0.3) is 15.9 Å². The summed E-state index contributed by atoms with van der Waals surface area (Å²) in [5.74, 6) is -1.13. The van der Waals surface area contributed by atoms with Gasteiger partial charge in [-0.3, -0.25) is 14.4 Å². The van der Waals surface area contributed by atoms with E-state index in [4.69, 9.17) is 0 Å². The van der Waals surface area contributed by atoms with Gasteiger partial charge in [-0.1, -0.05) is 72.3 Å². The number of hydrogen-bond acceptors (Lipinski definition) is 5. The zero-order chi connectivity index (χ0) is 28.0. The fraction of sp³-hybridized carbons (Fsp3) is 0.300. The molecule has 39 heavy (non-hydrogen) atoms. The van der Waals surface area contributed by atoms with Crippen LogP contribution in [0.25, 0.3) is 0 Å². The Morgan fingerprint density at radius 1 is 0.949 bits per heavy atom. The Kier molecular flexibility index (Phi) is 8.81. The summed E-state index contributed by atoms with van der Waals surface area (Å²) < 4.78 is 26.6. The molecular formula is C30H33N3O5S. The van der Waals surface area contributed by atoms with E-state index in [-0.39, 0.29) is 48.2 Å². The summed E-state index contributed by atoms with van der Waals surface area (Å²) in [5, 5.41) is 2.86. The Balaban J connectivity index is 1.55. The molecule has 4 rings (SSSR count). The number of rotatable bonds is 11. The first-order chi connectivity index (χ1) is 18.7. The molecule has 204 valence electrons. The topological polar surface area (TPSA) is 104 Å². The number of nitrogens with one attached hydrogen (secondary N) is 1. The maximum atomic E-state index is 13.7. The quantitative estimate of drug-likeness (QED) is 0.394. The summed E-state index contributed by atoms with van der Waals surface area (Å²) >= 11 is 0. The van der Waals surface area contributed by atoms with Gasteiger partial charge in [0.15, 0.2) is 0 Å². The van der Waals surface area contributed by atoms with Crippen molar-refractivity contribution in [2.24, 2.45) is 0 Å². The summed E-state index contributed by atoms with van der Waals surface area (Å²) in [7, 11) is -3.95. The summed E-state index contributed by atoms with van der Waals surface area (Å²) in [6, 6.07) is 22.6. The molecule has 0 saturated carbocycles. The Morgan fingerprint density at radius 3 is 2.33 bits per heavy atom. The van der Waals surface area contributed by atoms with Gasteiger partial charge in [0.05, 0.1) is 5.56 Å². The molecule has 0 unspecified atom stereocenters. The second-order valence-electron chi connectivity index (χ2n) is 9.59.